The van der Waals surface area contributed by atoms with Gasteiger partial charge in [-0.3, -0.25) is 40.2 Å². The van der Waals surface area contributed by atoms with Crippen molar-refractivity contribution in [1.29, 1.82) is 10.8 Å². The van der Waals surface area contributed by atoms with E-state index in [0.717, 1.165) is 88.2 Å². The van der Waals surface area contributed by atoms with Gasteiger partial charge in [0, 0.05) is 23.8 Å². The van der Waals surface area contributed by atoms with Crippen LogP contribution in [0.3, 0.4) is 0 Å². The molecule has 0 atom stereocenters. The molecule has 4 N–H and O–H groups in total. The van der Waals surface area contributed by atoms with E-state index in [9.17, 15) is 40.7 Å². The van der Waals surface area contributed by atoms with Crippen LogP contribution in [0.25, 0.3) is 75.0 Å². The number of unbranched alkanes of at least 4 members (excludes halogenated alkanes) is 10. The first-order chi connectivity index (χ1) is 38.9. The summed E-state index contributed by atoms with van der Waals surface area (Å²) in [5.74, 6) is 0.674. The van der Waals surface area contributed by atoms with Gasteiger partial charge in [-0.2, -0.15) is 26.3 Å². The number of aromatic nitrogens is 4. The molecule has 5 rings (SSSR count). The summed E-state index contributed by atoms with van der Waals surface area (Å²) < 4.78 is 105. The Bertz CT molecular complexity index is 2860. The van der Waals surface area contributed by atoms with Gasteiger partial charge in [0.25, 0.3) is 19.4 Å². The van der Waals surface area contributed by atoms with E-state index in [1.165, 1.54) is 30.9 Å². The normalized spacial score (nSPS) is 11.9. The Labute approximate surface area is 484 Å². The largest absolute Gasteiger partial charge is 2.00 e. The van der Waals surface area contributed by atoms with Crippen LogP contribution >= 0.6 is 0 Å². The minimum absolute atomic E-state index is 0. The van der Waals surface area contributed by atoms with E-state index in [1.807, 2.05) is 0 Å². The minimum Gasteiger partial charge on any atom is -0.697 e. The van der Waals surface area contributed by atoms with Crippen molar-refractivity contribution >= 4 is 60.5 Å². The topological polar surface area (TPSA) is 244 Å². The molecule has 0 amide bonds. The minimum atomic E-state index is -5.05. The smallest absolute Gasteiger partial charge is 0.697 e. The number of pyridine rings is 4. The summed E-state index contributed by atoms with van der Waals surface area (Å²) in [6, 6.07) is 18.1. The van der Waals surface area contributed by atoms with Crippen LogP contribution in [0.15, 0.2) is 110 Å². The second-order valence-electron chi connectivity index (χ2n) is 17.7. The molecule has 436 valence electrons. The van der Waals surface area contributed by atoms with Crippen molar-refractivity contribution in [2.24, 2.45) is 0 Å². The number of halogens is 6. The molecule has 23 heteroatoms. The van der Waals surface area contributed by atoms with Crippen LogP contribution in [0.4, 0.5) is 26.3 Å². The maximum atomic E-state index is 13.1. The summed E-state index contributed by atoms with van der Waals surface area (Å²) in [4.78, 5) is 48.6. The van der Waals surface area contributed by atoms with Gasteiger partial charge in [-0.15, -0.1) is 11.4 Å². The van der Waals surface area contributed by atoms with Crippen LogP contribution in [0.2, 0.25) is 0 Å². The van der Waals surface area contributed by atoms with E-state index in [4.69, 9.17) is 31.8 Å². The number of hydrogen-bond acceptors (Lipinski definition) is 14. The van der Waals surface area contributed by atoms with Crippen molar-refractivity contribution in [2.45, 2.75) is 103 Å². The van der Waals surface area contributed by atoms with Crippen LogP contribution in [0.1, 0.15) is 119 Å². The number of alkyl halides is 6. The van der Waals surface area contributed by atoms with E-state index in [1.54, 1.807) is 85.2 Å². The molecular weight excluding hydrogens is 1160 g/mol. The maximum Gasteiger partial charge on any atom is 2.00 e. The fourth-order valence-electron chi connectivity index (χ4n) is 7.46. The molecule has 5 aromatic rings. The summed E-state index contributed by atoms with van der Waals surface area (Å²) in [5, 5.41) is 14.6. The molecule has 0 saturated carbocycles. The molecule has 0 aliphatic carbocycles. The third-order valence-corrected chi connectivity index (χ3v) is 11.5. The summed E-state index contributed by atoms with van der Waals surface area (Å²) in [6.07, 6.45) is 14.3. The molecule has 0 bridgehead atoms. The average Bonchev–Trinajstić information content (AvgIpc) is 3.65. The monoisotopic (exact) mass is 1230 g/mol. The van der Waals surface area contributed by atoms with E-state index in [-0.39, 0.29) is 37.2 Å². The Morgan fingerprint density at radius 1 is 0.524 bits per heavy atom. The zero-order valence-electron chi connectivity index (χ0n) is 44.9. The standard InChI is InChI=1S/C35H45F6N5O2.C24H17N3O6.Ru/c1-3-5-7-9-11-13-18-47-29-16-15-17-30(48-19-14-12-10-8-6-4-2)33(29)24-20-27(25(42)22-31(44)34(36,37)38)46-28(21-24)26(43)23-32(45)35(39,40)41;28-15-31-8-3-18-1-6-25-21(11-18)23-13-20(5-10-33-17-30)14-24(27-23)22-12-19(2-7-26-22)4-9-32-16-29;/h15-17,20-23,42-45H,3-14,18-19H2,1-2H3;1-17H;/q-2;;+2/b25-22-,26-23-,44-31?,45-32?;8-3+,9-4+,10-5+;. The second-order valence-corrected chi connectivity index (χ2v) is 17.7. The van der Waals surface area contributed by atoms with Crippen molar-refractivity contribution in [3.8, 4) is 45.4 Å². The Morgan fingerprint density at radius 2 is 0.902 bits per heavy atom. The zero-order chi connectivity index (χ0) is 59.0. The van der Waals surface area contributed by atoms with Crippen LogP contribution in [0.5, 0.6) is 11.5 Å². The van der Waals surface area contributed by atoms with Crippen molar-refractivity contribution in [2.75, 3.05) is 13.2 Å². The van der Waals surface area contributed by atoms with Gasteiger partial charge < -0.3 is 35.2 Å². The Hall–Kier alpha value is -8.33. The van der Waals surface area contributed by atoms with Crippen molar-refractivity contribution in [3.63, 3.8) is 0 Å². The number of nitrogens with zero attached hydrogens (tertiary/aromatic N) is 4. The molecule has 0 unspecified atom stereocenters. The van der Waals surface area contributed by atoms with Gasteiger partial charge in [-0.1, -0.05) is 84.1 Å². The number of carbonyl (C=O) groups is 3. The number of carbonyl (C=O) groups excluding carboxylic acids is 3. The molecule has 0 spiro atoms. The zero-order valence-corrected chi connectivity index (χ0v) is 46.7. The SMILES string of the molecule is CCCCCCCCOc1cccc(OCCCCCCCC)c1-c1cc(/C([NH-])=C/C(=N)C(F)(F)F)nc(/C([NH-])=C/C(=N)C(F)(F)F)c1.O=CO/C=C/c1ccnc(-c2cc(/C=C/OC=O)cc(-c3cc(/C=C/OC=O)ccn3)n2)c1.[Ru+2]. The Morgan fingerprint density at radius 3 is 1.29 bits per heavy atom. The van der Waals surface area contributed by atoms with Crippen LogP contribution in [-0.4, -0.2) is 76.3 Å². The molecule has 82 heavy (non-hydrogen) atoms. The average molecular weight is 1230 g/mol. The number of rotatable bonds is 32. The van der Waals surface area contributed by atoms with Crippen LogP contribution < -0.4 is 9.47 Å². The van der Waals surface area contributed by atoms with Crippen molar-refractivity contribution in [1.82, 2.24) is 19.9 Å². The number of benzene rings is 1. The van der Waals surface area contributed by atoms with Gasteiger partial charge in [-0.05, 0) is 126 Å². The van der Waals surface area contributed by atoms with Gasteiger partial charge in [0.1, 0.15) is 22.9 Å². The molecule has 4 aromatic heterocycles. The molecule has 0 aliphatic rings. The van der Waals surface area contributed by atoms with E-state index >= 15 is 0 Å². The van der Waals surface area contributed by atoms with E-state index < -0.39 is 46.6 Å². The van der Waals surface area contributed by atoms with Crippen molar-refractivity contribution < 1.29 is 83.9 Å². The second kappa shape index (κ2) is 36.1. The van der Waals surface area contributed by atoms with Gasteiger partial charge in [0.05, 0.1) is 60.3 Å². The number of allylic oxidation sites excluding steroid dienone is 2. The number of hydrogen-bond donors (Lipinski definition) is 2. The molecule has 0 fully saturated rings. The van der Waals surface area contributed by atoms with E-state index in [0.29, 0.717) is 78.0 Å². The summed E-state index contributed by atoms with van der Waals surface area (Å²) in [6.45, 7) is 5.89. The van der Waals surface area contributed by atoms with Crippen LogP contribution in [0, 0.1) is 10.8 Å². The molecule has 0 saturated heterocycles. The van der Waals surface area contributed by atoms with Gasteiger partial charge in [0.2, 0.25) is 0 Å². The van der Waals surface area contributed by atoms with E-state index in [2.05, 4.69) is 48.0 Å². The third-order valence-electron chi connectivity index (χ3n) is 11.5. The first-order valence-electron chi connectivity index (χ1n) is 25.7. The Kier molecular flexibility index (Phi) is 29.9. The van der Waals surface area contributed by atoms with Crippen molar-refractivity contribution in [3.05, 3.63) is 150 Å². The molecule has 0 aliphatic heterocycles. The third kappa shape index (κ3) is 23.8. The van der Waals surface area contributed by atoms with Gasteiger partial charge in [-0.25, -0.2) is 4.98 Å². The Balaban J connectivity index is 0.000000453. The molecule has 4 heterocycles. The fraction of sp³-hybridized carbons (Fsp3) is 0.305. The summed E-state index contributed by atoms with van der Waals surface area (Å²) >= 11 is 0. The summed E-state index contributed by atoms with van der Waals surface area (Å²) in [5.41, 5.74) is 15.2. The fourth-order valence-corrected chi connectivity index (χ4v) is 7.46. The van der Waals surface area contributed by atoms with Gasteiger partial charge in [0.15, 0.2) is 0 Å². The maximum absolute atomic E-state index is 13.1. The van der Waals surface area contributed by atoms with Crippen LogP contribution in [-0.2, 0) is 48.1 Å². The molecule has 1 aromatic carbocycles. The number of nitrogens with one attached hydrogen (secondary N) is 4. The molecular formula is C59H62F6N8O8Ru. The predicted octanol–water partition coefficient (Wildman–Crippen LogP) is 15.8. The summed E-state index contributed by atoms with van der Waals surface area (Å²) in [7, 11) is 0. The van der Waals surface area contributed by atoms with Gasteiger partial charge >= 0.3 is 31.8 Å². The quantitative estimate of drug-likeness (QED) is 0.00777. The molecule has 0 radical (unpaired) electrons. The molecule has 16 nitrogen and oxygen atoms in total. The number of ether oxygens (including phenoxy) is 5. The first kappa shape index (κ1) is 67.9. The predicted molar refractivity (Wildman–Crippen MR) is 299 cm³/mol. The first-order valence-corrected chi connectivity index (χ1v) is 25.7.